The average molecular weight is 195 g/mol. The molecule has 1 aromatic rings. The molecule has 0 bridgehead atoms. The summed E-state index contributed by atoms with van der Waals surface area (Å²) >= 11 is 0. The third kappa shape index (κ3) is 2.18. The maximum atomic E-state index is 10.7. The van der Waals surface area contributed by atoms with Crippen molar-refractivity contribution in [3.63, 3.8) is 0 Å². The minimum Gasteiger partial charge on any atom is -0.377 e. The zero-order valence-corrected chi connectivity index (χ0v) is 8.44. The highest BCUT2D eigenvalue weighted by atomic mass is 16.6. The Morgan fingerprint density at radius 2 is 2.21 bits per heavy atom. The summed E-state index contributed by atoms with van der Waals surface area (Å²) in [5.74, 6) is 0. The Bertz CT molecular complexity index is 350. The molecule has 76 valence electrons. The van der Waals surface area contributed by atoms with Gasteiger partial charge in [-0.3, -0.25) is 15.1 Å². The molecule has 0 unspecified atom stereocenters. The molecule has 1 rings (SSSR count). The number of nitrogens with zero attached hydrogens (tertiary/aromatic N) is 2. The molecule has 0 aliphatic carbocycles. The first kappa shape index (κ1) is 10.4. The predicted octanol–water partition coefficient (Wildman–Crippen LogP) is 2.12. The third-order valence-electron chi connectivity index (χ3n) is 1.73. The van der Waals surface area contributed by atoms with Crippen LogP contribution in [-0.2, 0) is 0 Å². The summed E-state index contributed by atoms with van der Waals surface area (Å²) in [4.78, 5) is 14.2. The Labute approximate surface area is 82.3 Å². The molecular weight excluding hydrogens is 182 g/mol. The summed E-state index contributed by atoms with van der Waals surface area (Å²) in [7, 11) is 0. The first-order valence-corrected chi connectivity index (χ1v) is 4.39. The van der Waals surface area contributed by atoms with Gasteiger partial charge in [-0.2, -0.15) is 0 Å². The topological polar surface area (TPSA) is 68.1 Å². The highest BCUT2D eigenvalue weighted by molar-refractivity contribution is 5.63. The minimum absolute atomic E-state index is 0.0567. The molecule has 0 radical (unpaired) electrons. The van der Waals surface area contributed by atoms with E-state index in [0.717, 1.165) is 0 Å². The van der Waals surface area contributed by atoms with Crippen LogP contribution in [-0.4, -0.2) is 15.9 Å². The molecule has 0 amide bonds. The van der Waals surface area contributed by atoms with Crippen molar-refractivity contribution in [1.29, 1.82) is 0 Å². The van der Waals surface area contributed by atoms with Gasteiger partial charge in [0, 0.05) is 12.2 Å². The molecule has 1 heterocycles. The number of nitrogens with one attached hydrogen (secondary N) is 1. The van der Waals surface area contributed by atoms with Gasteiger partial charge < -0.3 is 5.32 Å². The number of anilines is 1. The molecule has 0 spiro atoms. The normalized spacial score (nSPS) is 10.3. The lowest BCUT2D eigenvalue weighted by Crippen LogP contribution is -2.12. The maximum Gasteiger partial charge on any atom is 0.313 e. The quantitative estimate of drug-likeness (QED) is 0.592. The lowest BCUT2D eigenvalue weighted by atomic mass is 10.2. The molecule has 1 aromatic heterocycles. The van der Waals surface area contributed by atoms with Crippen LogP contribution in [0.2, 0.25) is 0 Å². The van der Waals surface area contributed by atoms with Gasteiger partial charge in [-0.15, -0.1) is 0 Å². The predicted molar refractivity (Wildman–Crippen MR) is 54.4 cm³/mol. The zero-order chi connectivity index (χ0) is 10.7. The summed E-state index contributed by atoms with van der Waals surface area (Å²) in [6.07, 6.45) is 1.56. The molecule has 0 saturated carbocycles. The van der Waals surface area contributed by atoms with Crippen LogP contribution in [0.3, 0.4) is 0 Å². The van der Waals surface area contributed by atoms with Crippen molar-refractivity contribution in [2.45, 2.75) is 26.8 Å². The van der Waals surface area contributed by atoms with E-state index in [1.807, 2.05) is 13.8 Å². The molecule has 0 atom stereocenters. The molecule has 0 aliphatic rings. The van der Waals surface area contributed by atoms with E-state index in [4.69, 9.17) is 0 Å². The van der Waals surface area contributed by atoms with E-state index < -0.39 is 4.92 Å². The molecule has 0 fully saturated rings. The number of aryl methyl sites for hydroxylation is 1. The second-order valence-electron chi connectivity index (χ2n) is 3.35. The maximum absolute atomic E-state index is 10.7. The van der Waals surface area contributed by atoms with Crippen molar-refractivity contribution in [3.05, 3.63) is 28.1 Å². The average Bonchev–Trinajstić information content (AvgIpc) is 2.01. The van der Waals surface area contributed by atoms with E-state index in [0.29, 0.717) is 11.4 Å². The highest BCUT2D eigenvalue weighted by Crippen LogP contribution is 2.26. The van der Waals surface area contributed by atoms with Crippen LogP contribution in [0.15, 0.2) is 12.3 Å². The van der Waals surface area contributed by atoms with E-state index in [1.165, 1.54) is 0 Å². The van der Waals surface area contributed by atoms with Crippen molar-refractivity contribution in [1.82, 2.24) is 4.98 Å². The van der Waals surface area contributed by atoms with Gasteiger partial charge in [0.1, 0.15) is 11.4 Å². The van der Waals surface area contributed by atoms with Crippen LogP contribution in [0.25, 0.3) is 0 Å². The summed E-state index contributed by atoms with van der Waals surface area (Å²) < 4.78 is 0. The Kier molecular flexibility index (Phi) is 3.01. The first-order valence-electron chi connectivity index (χ1n) is 4.39. The molecule has 5 nitrogen and oxygen atoms in total. The van der Waals surface area contributed by atoms with Crippen molar-refractivity contribution in [2.75, 3.05) is 5.32 Å². The van der Waals surface area contributed by atoms with Crippen LogP contribution in [0.5, 0.6) is 0 Å². The second kappa shape index (κ2) is 4.04. The van der Waals surface area contributed by atoms with Gasteiger partial charge in [0.15, 0.2) is 0 Å². The number of nitro groups is 1. The van der Waals surface area contributed by atoms with Crippen molar-refractivity contribution in [2.24, 2.45) is 0 Å². The van der Waals surface area contributed by atoms with Crippen LogP contribution in [0.4, 0.5) is 11.4 Å². The number of pyridine rings is 1. The monoisotopic (exact) mass is 195 g/mol. The van der Waals surface area contributed by atoms with Crippen LogP contribution < -0.4 is 5.32 Å². The lowest BCUT2D eigenvalue weighted by molar-refractivity contribution is -0.384. The van der Waals surface area contributed by atoms with E-state index >= 15 is 0 Å². The van der Waals surface area contributed by atoms with Gasteiger partial charge in [0.2, 0.25) is 0 Å². The van der Waals surface area contributed by atoms with Gasteiger partial charge in [-0.1, -0.05) is 0 Å². The molecular formula is C9H13N3O2. The van der Waals surface area contributed by atoms with Gasteiger partial charge in [-0.25, -0.2) is 0 Å². The fourth-order valence-electron chi connectivity index (χ4n) is 1.22. The van der Waals surface area contributed by atoms with Crippen molar-refractivity contribution < 1.29 is 4.92 Å². The number of hydrogen-bond donors (Lipinski definition) is 1. The van der Waals surface area contributed by atoms with Crippen molar-refractivity contribution in [3.8, 4) is 0 Å². The highest BCUT2D eigenvalue weighted by Gasteiger charge is 2.17. The summed E-state index contributed by atoms with van der Waals surface area (Å²) in [5, 5.41) is 13.8. The summed E-state index contributed by atoms with van der Waals surface area (Å²) in [6.45, 7) is 5.49. The fourth-order valence-corrected chi connectivity index (χ4v) is 1.22. The zero-order valence-electron chi connectivity index (χ0n) is 8.44. The molecule has 0 aromatic carbocycles. The second-order valence-corrected chi connectivity index (χ2v) is 3.35. The van der Waals surface area contributed by atoms with E-state index in [-0.39, 0.29) is 11.7 Å². The number of rotatable bonds is 3. The summed E-state index contributed by atoms with van der Waals surface area (Å²) in [6, 6.07) is 1.78. The smallest absolute Gasteiger partial charge is 0.313 e. The molecule has 14 heavy (non-hydrogen) atoms. The molecule has 5 heteroatoms. The van der Waals surface area contributed by atoms with E-state index in [2.05, 4.69) is 10.3 Å². The van der Waals surface area contributed by atoms with Crippen LogP contribution in [0.1, 0.15) is 19.5 Å². The number of aromatic nitrogens is 1. The fraction of sp³-hybridized carbons (Fsp3) is 0.444. The molecule has 0 saturated heterocycles. The molecule has 0 aliphatic heterocycles. The SMILES string of the molecule is Cc1nccc(NC(C)C)c1[N+](=O)[O-]. The largest absolute Gasteiger partial charge is 0.377 e. The van der Waals surface area contributed by atoms with E-state index in [1.54, 1.807) is 19.2 Å². The third-order valence-corrected chi connectivity index (χ3v) is 1.73. The van der Waals surface area contributed by atoms with Crippen LogP contribution in [0, 0.1) is 17.0 Å². The van der Waals surface area contributed by atoms with Gasteiger partial charge in [0.05, 0.1) is 4.92 Å². The Morgan fingerprint density at radius 3 is 2.71 bits per heavy atom. The molecule has 1 N–H and O–H groups in total. The minimum atomic E-state index is -0.410. The standard InChI is InChI=1S/C9H13N3O2/c1-6(2)11-8-4-5-10-7(3)9(8)12(13)14/h4-6H,1-3H3,(H,10,11). The summed E-state index contributed by atoms with van der Waals surface area (Å²) in [5.41, 5.74) is 1.01. The van der Waals surface area contributed by atoms with Gasteiger partial charge >= 0.3 is 5.69 Å². The lowest BCUT2D eigenvalue weighted by Gasteiger charge is -2.10. The van der Waals surface area contributed by atoms with E-state index in [9.17, 15) is 10.1 Å². The Balaban J connectivity index is 3.14. The van der Waals surface area contributed by atoms with Crippen LogP contribution >= 0.6 is 0 Å². The van der Waals surface area contributed by atoms with Crippen molar-refractivity contribution >= 4 is 11.4 Å². The first-order chi connectivity index (χ1) is 6.52. The van der Waals surface area contributed by atoms with Gasteiger partial charge in [-0.05, 0) is 26.8 Å². The Hall–Kier alpha value is -1.65. The number of hydrogen-bond acceptors (Lipinski definition) is 4. The van der Waals surface area contributed by atoms with Gasteiger partial charge in [0.25, 0.3) is 0 Å². The Morgan fingerprint density at radius 1 is 1.57 bits per heavy atom.